The minimum absolute atomic E-state index is 0.224. The van der Waals surface area contributed by atoms with E-state index >= 15 is 0 Å². The van der Waals surface area contributed by atoms with Crippen LogP contribution in [0.2, 0.25) is 0 Å². The van der Waals surface area contributed by atoms with Crippen LogP contribution in [0.1, 0.15) is 0 Å². The Bertz CT molecular complexity index is 482. The van der Waals surface area contributed by atoms with E-state index in [9.17, 15) is 18.0 Å². The van der Waals surface area contributed by atoms with Gasteiger partial charge in [-0.2, -0.15) is 0 Å². The molecule has 1 aromatic rings. The van der Waals surface area contributed by atoms with Crippen LogP contribution >= 0.6 is 12.2 Å². The van der Waals surface area contributed by atoms with E-state index in [2.05, 4.69) is 16.0 Å². The van der Waals surface area contributed by atoms with Crippen LogP contribution in [0.5, 0.6) is 0 Å². The maximum Gasteiger partial charge on any atom is 0.243 e. The molecule has 0 fully saturated rings. The van der Waals surface area contributed by atoms with Gasteiger partial charge in [-0.1, -0.05) is 0 Å². The first kappa shape index (κ1) is 14.2. The van der Waals surface area contributed by atoms with Crippen LogP contribution in [-0.2, 0) is 4.79 Å². The molecule has 0 saturated carbocycles. The third-order valence-electron chi connectivity index (χ3n) is 1.95. The number of anilines is 1. The second-order valence-corrected chi connectivity index (χ2v) is 3.61. The van der Waals surface area contributed by atoms with Gasteiger partial charge in [-0.3, -0.25) is 4.79 Å². The number of benzene rings is 1. The van der Waals surface area contributed by atoms with Crippen molar-refractivity contribution in [3.05, 3.63) is 29.6 Å². The molecule has 0 saturated heterocycles. The summed E-state index contributed by atoms with van der Waals surface area (Å²) in [4.78, 5) is 11.3. The molecule has 98 valence electrons. The zero-order valence-electron chi connectivity index (χ0n) is 9.31. The molecule has 0 aliphatic heterocycles. The third-order valence-corrected chi connectivity index (χ3v) is 2.29. The average molecular weight is 277 g/mol. The van der Waals surface area contributed by atoms with Crippen LogP contribution in [-0.4, -0.2) is 24.6 Å². The fraction of sp³-hybridized carbons (Fsp3) is 0.200. The van der Waals surface area contributed by atoms with Gasteiger partial charge in [0, 0.05) is 7.05 Å². The van der Waals surface area contributed by atoms with Gasteiger partial charge >= 0.3 is 0 Å². The quantitative estimate of drug-likeness (QED) is 0.573. The molecule has 3 N–H and O–H groups in total. The Labute approximate surface area is 107 Å². The SMILES string of the molecule is CNC(=S)NCC(=O)Nc1ccc(F)c(F)c1F. The van der Waals surface area contributed by atoms with Crippen LogP contribution in [0.15, 0.2) is 12.1 Å². The molecular weight excluding hydrogens is 267 g/mol. The lowest BCUT2D eigenvalue weighted by atomic mass is 10.2. The number of nitrogens with one attached hydrogen (secondary N) is 3. The Kier molecular flexibility index (Phi) is 4.90. The van der Waals surface area contributed by atoms with E-state index in [1.165, 1.54) is 0 Å². The third kappa shape index (κ3) is 3.59. The van der Waals surface area contributed by atoms with E-state index < -0.39 is 29.0 Å². The second kappa shape index (κ2) is 6.20. The van der Waals surface area contributed by atoms with Gasteiger partial charge in [0.15, 0.2) is 22.6 Å². The van der Waals surface area contributed by atoms with Gasteiger partial charge in [0.1, 0.15) is 0 Å². The number of rotatable bonds is 3. The van der Waals surface area contributed by atoms with Gasteiger partial charge in [0.2, 0.25) is 5.91 Å². The fourth-order valence-electron chi connectivity index (χ4n) is 1.07. The topological polar surface area (TPSA) is 53.2 Å². The maximum absolute atomic E-state index is 13.2. The van der Waals surface area contributed by atoms with E-state index in [1.807, 2.05) is 0 Å². The molecule has 1 rings (SSSR count). The van der Waals surface area contributed by atoms with Crippen LogP contribution in [0.25, 0.3) is 0 Å². The number of amides is 1. The smallest absolute Gasteiger partial charge is 0.243 e. The highest BCUT2D eigenvalue weighted by atomic mass is 32.1. The summed E-state index contributed by atoms with van der Waals surface area (Å²) in [5.74, 6) is -5.04. The lowest BCUT2D eigenvalue weighted by Crippen LogP contribution is -2.38. The van der Waals surface area contributed by atoms with Gasteiger partial charge in [0.05, 0.1) is 12.2 Å². The van der Waals surface area contributed by atoms with Crippen LogP contribution in [0.4, 0.5) is 18.9 Å². The van der Waals surface area contributed by atoms with Crippen molar-refractivity contribution in [3.8, 4) is 0 Å². The lowest BCUT2D eigenvalue weighted by Gasteiger charge is -2.09. The number of hydrogen-bond acceptors (Lipinski definition) is 2. The van der Waals surface area contributed by atoms with Crippen molar-refractivity contribution >= 4 is 28.9 Å². The number of hydrogen-bond donors (Lipinski definition) is 3. The van der Waals surface area contributed by atoms with Gasteiger partial charge < -0.3 is 16.0 Å². The van der Waals surface area contributed by atoms with Crippen molar-refractivity contribution in [2.45, 2.75) is 0 Å². The highest BCUT2D eigenvalue weighted by molar-refractivity contribution is 7.80. The van der Waals surface area contributed by atoms with Gasteiger partial charge in [-0.05, 0) is 24.4 Å². The molecule has 0 aromatic heterocycles. The number of halogens is 3. The predicted molar refractivity (Wildman–Crippen MR) is 64.6 cm³/mol. The Morgan fingerprint density at radius 1 is 1.28 bits per heavy atom. The van der Waals surface area contributed by atoms with E-state index in [0.29, 0.717) is 0 Å². The first-order valence-electron chi connectivity index (χ1n) is 4.84. The Hall–Kier alpha value is -1.83. The fourth-order valence-corrected chi connectivity index (χ4v) is 1.14. The molecule has 0 aliphatic carbocycles. The van der Waals surface area contributed by atoms with Crippen molar-refractivity contribution in [2.75, 3.05) is 18.9 Å². The van der Waals surface area contributed by atoms with Crippen LogP contribution in [0, 0.1) is 17.5 Å². The van der Waals surface area contributed by atoms with E-state index in [0.717, 1.165) is 12.1 Å². The summed E-state index contributed by atoms with van der Waals surface area (Å²) >= 11 is 4.72. The number of thiocarbonyl (C=S) groups is 1. The zero-order valence-corrected chi connectivity index (χ0v) is 10.1. The van der Waals surface area contributed by atoms with E-state index in [-0.39, 0.29) is 11.7 Å². The molecule has 8 heteroatoms. The second-order valence-electron chi connectivity index (χ2n) is 3.20. The number of carbonyl (C=O) groups excluding carboxylic acids is 1. The van der Waals surface area contributed by atoms with Crippen LogP contribution in [0.3, 0.4) is 0 Å². The van der Waals surface area contributed by atoms with Crippen LogP contribution < -0.4 is 16.0 Å². The average Bonchev–Trinajstić information content (AvgIpc) is 2.36. The lowest BCUT2D eigenvalue weighted by molar-refractivity contribution is -0.115. The first-order valence-corrected chi connectivity index (χ1v) is 5.25. The zero-order chi connectivity index (χ0) is 13.7. The van der Waals surface area contributed by atoms with E-state index in [1.54, 1.807) is 7.05 Å². The molecule has 0 atom stereocenters. The summed E-state index contributed by atoms with van der Waals surface area (Å²) in [5.41, 5.74) is -0.434. The normalized spacial score (nSPS) is 9.78. The van der Waals surface area contributed by atoms with Gasteiger partial charge in [-0.15, -0.1) is 0 Å². The molecular formula is C10H10F3N3OS. The number of carbonyl (C=O) groups is 1. The Morgan fingerprint density at radius 3 is 2.56 bits per heavy atom. The summed E-state index contributed by atoms with van der Waals surface area (Å²) in [6.45, 7) is -0.224. The monoisotopic (exact) mass is 277 g/mol. The minimum Gasteiger partial charge on any atom is -0.366 e. The molecule has 0 aliphatic rings. The Morgan fingerprint density at radius 2 is 1.94 bits per heavy atom. The molecule has 0 bridgehead atoms. The first-order chi connectivity index (χ1) is 8.45. The highest BCUT2D eigenvalue weighted by Gasteiger charge is 2.14. The van der Waals surface area contributed by atoms with Crippen molar-refractivity contribution in [3.63, 3.8) is 0 Å². The summed E-state index contributed by atoms with van der Waals surface area (Å²) in [6.07, 6.45) is 0. The largest absolute Gasteiger partial charge is 0.366 e. The molecule has 1 aromatic carbocycles. The predicted octanol–water partition coefficient (Wildman–Crippen LogP) is 1.14. The molecule has 0 heterocycles. The molecule has 18 heavy (non-hydrogen) atoms. The summed E-state index contributed by atoms with van der Waals surface area (Å²) in [5, 5.41) is 7.40. The van der Waals surface area contributed by atoms with Gasteiger partial charge in [0.25, 0.3) is 0 Å². The van der Waals surface area contributed by atoms with Crippen molar-refractivity contribution < 1.29 is 18.0 Å². The summed E-state index contributed by atoms with van der Waals surface area (Å²) in [6, 6.07) is 1.65. The molecule has 0 radical (unpaired) electrons. The van der Waals surface area contributed by atoms with Crippen molar-refractivity contribution in [1.82, 2.24) is 10.6 Å². The molecule has 1 amide bonds. The summed E-state index contributed by atoms with van der Waals surface area (Å²) in [7, 11) is 1.56. The highest BCUT2D eigenvalue weighted by Crippen LogP contribution is 2.19. The molecule has 0 unspecified atom stereocenters. The summed E-state index contributed by atoms with van der Waals surface area (Å²) < 4.78 is 38.7. The minimum atomic E-state index is -1.63. The van der Waals surface area contributed by atoms with Crippen molar-refractivity contribution in [2.24, 2.45) is 0 Å². The maximum atomic E-state index is 13.2. The Balaban J connectivity index is 2.65. The standard InChI is InChI=1S/C10H10F3N3OS/c1-14-10(18)15-4-7(17)16-6-3-2-5(11)8(12)9(6)13/h2-3H,4H2,1H3,(H,16,17)(H2,14,15,18). The van der Waals surface area contributed by atoms with E-state index in [4.69, 9.17) is 12.2 Å². The molecule has 4 nitrogen and oxygen atoms in total. The van der Waals surface area contributed by atoms with Gasteiger partial charge in [-0.25, -0.2) is 13.2 Å². The molecule has 0 spiro atoms. The van der Waals surface area contributed by atoms with Crippen molar-refractivity contribution in [1.29, 1.82) is 0 Å².